The number of aromatic hydroxyl groups is 1. The number of carboxylic acids is 1. The number of nitrogens with two attached hydrogens (primary N) is 2. The van der Waals surface area contributed by atoms with Crippen molar-refractivity contribution in [3.8, 4) is 5.75 Å². The molecule has 9 rings (SSSR count). The zero-order valence-corrected chi connectivity index (χ0v) is 75.6. The lowest BCUT2D eigenvalue weighted by Crippen LogP contribution is -2.58. The number of para-hydroxylation sites is 1. The first kappa shape index (κ1) is 102. The minimum atomic E-state index is -1.88. The maximum Gasteiger partial charge on any atom is 0.305 e. The van der Waals surface area contributed by atoms with E-state index in [1.165, 1.54) is 81.6 Å². The van der Waals surface area contributed by atoms with E-state index in [0.717, 1.165) is 26.5 Å². The van der Waals surface area contributed by atoms with E-state index in [9.17, 15) is 73.2 Å². The molecule has 2 aromatic heterocycles. The number of hydrogen-bond donors (Lipinski definition) is 15. The van der Waals surface area contributed by atoms with E-state index < -0.39 is 266 Å². The molecule has 0 spiro atoms. The number of unbranched alkanes of at least 4 members (excludes halogenated alkanes) is 2. The second-order valence-electron chi connectivity index (χ2n) is 34.6. The molecule has 39 nitrogen and oxygen atoms in total. The summed E-state index contributed by atoms with van der Waals surface area (Å²) in [6, 6.07) is -2.52. The van der Waals surface area contributed by atoms with E-state index in [1.807, 2.05) is 32.1 Å². The van der Waals surface area contributed by atoms with E-state index in [0.29, 0.717) is 59.0 Å². The van der Waals surface area contributed by atoms with Crippen molar-refractivity contribution >= 4 is 129 Å². The Morgan fingerprint density at radius 3 is 1.95 bits per heavy atom. The average molecular weight is 1840 g/mol. The van der Waals surface area contributed by atoms with Gasteiger partial charge in [-0.3, -0.25) is 86.3 Å². The van der Waals surface area contributed by atoms with Gasteiger partial charge in [0.2, 0.25) is 76.8 Å². The highest BCUT2D eigenvalue weighted by Gasteiger charge is 2.47. The van der Waals surface area contributed by atoms with Crippen LogP contribution in [0.4, 0.5) is 0 Å². The molecule has 4 aliphatic heterocycles. The molecule has 13 amide bonds. The monoisotopic (exact) mass is 1840 g/mol. The molecule has 0 radical (unpaired) electrons. The topological polar surface area (TPSA) is 585 Å². The second kappa shape index (κ2) is 48.4. The predicted molar refractivity (Wildman–Crippen MR) is 478 cm³/mol. The number of phenolic OH excluding ortho intramolecular Hbond substituents is 1. The van der Waals surface area contributed by atoms with Crippen LogP contribution in [0.5, 0.6) is 5.75 Å². The van der Waals surface area contributed by atoms with Gasteiger partial charge in [0, 0.05) is 144 Å². The number of fused-ring (bicyclic) bond motifs is 4. The number of nitrogens with zero attached hydrogens (tertiary/aromatic N) is 6. The third kappa shape index (κ3) is 28.0. The first-order chi connectivity index (χ1) is 62.4. The summed E-state index contributed by atoms with van der Waals surface area (Å²) in [5.41, 5.74) is 13.7. The number of aliphatic hydroxyl groups is 2. The van der Waals surface area contributed by atoms with E-state index in [4.69, 9.17) is 11.5 Å². The Morgan fingerprint density at radius 2 is 1.27 bits per heavy atom. The Bertz CT molecular complexity index is 4920. The number of Topliss-reactive ketones (excluding diaryl/α,β-unsaturated/α-hetero) is 4. The summed E-state index contributed by atoms with van der Waals surface area (Å²) >= 11 is 0.791. The number of aromatic amines is 2. The number of ketones is 4. The number of primary amides is 2. The van der Waals surface area contributed by atoms with Crippen LogP contribution in [-0.4, -0.2) is 297 Å². The highest BCUT2D eigenvalue weighted by atomic mass is 32.2. The Balaban J connectivity index is 1.08. The van der Waals surface area contributed by atoms with Crippen LogP contribution in [0.1, 0.15) is 154 Å². The molecule has 4 aromatic rings. The summed E-state index contributed by atoms with van der Waals surface area (Å²) in [7, 11) is 3.97. The molecule has 40 heteroatoms. The molecule has 131 heavy (non-hydrogen) atoms. The number of rotatable bonds is 23. The molecule has 710 valence electrons. The summed E-state index contributed by atoms with van der Waals surface area (Å²) < 4.78 is 0. The van der Waals surface area contributed by atoms with Crippen LogP contribution in [0, 0.1) is 29.6 Å². The zero-order valence-electron chi connectivity index (χ0n) is 74.8. The third-order valence-corrected chi connectivity index (χ3v) is 26.0. The van der Waals surface area contributed by atoms with Crippen LogP contribution in [0.2, 0.25) is 0 Å². The number of aliphatic hydroxyl groups excluding tert-OH is 2. The summed E-state index contributed by atoms with van der Waals surface area (Å²) in [5, 5.41) is 62.7. The quantitative estimate of drug-likeness (QED) is 0.0474. The normalized spacial score (nSPS) is 27.3. The third-order valence-electron chi connectivity index (χ3n) is 25.0. The summed E-state index contributed by atoms with van der Waals surface area (Å²) in [6.07, 6.45) is 8.36. The molecule has 17 atom stereocenters. The Morgan fingerprint density at radius 1 is 0.618 bits per heavy atom. The molecular weight excluding hydrogens is 1720 g/mol. The minimum Gasteiger partial charge on any atom is -0.508 e. The Kier molecular flexibility index (Phi) is 37.8. The van der Waals surface area contributed by atoms with Crippen LogP contribution in [-0.2, 0) is 106 Å². The van der Waals surface area contributed by atoms with Crippen LogP contribution in [0.3, 0.4) is 0 Å². The molecule has 6 heterocycles. The van der Waals surface area contributed by atoms with E-state index in [2.05, 4.69) is 52.2 Å². The fourth-order valence-electron chi connectivity index (χ4n) is 17.3. The standard InChI is InChI=1S/C91H123N17O22S/c1-8-10-21-70-76(114)31-50(3)82(121)103-69(85(124)97-44-79(93)117)47-131-48-80(118)99-66(32-52-24-27-59(110)28-25-52)88(127)104(5)51(4)83(122)101-68(40-81(119)120)90(129)107-30-16-23-71(107)77(115)37-54(33-58-43-94-49-98-58)74(112)36-53(26-29-78(92)116)87(126)108-45-60(111)39-73(108)86(125)100-65(34-55-41-95-63-19-14-12-17-61(55)63)75(113)38-57(46-109)84(123)102-67(35-56-42-96-64-20-15-13-18-62(56)64)89(128)106(7)72(22-11-9-2)91(130)105(70)6/h12-15,17-20,24-25,27-28,41-43,49-51,53-54,57,60-61,63,65-73,95-96,109-111H,8-11,16,21-23,26,29-40,44-48H2,1-7H3,(H2,92,116)(H2,93,117)(H,94,98)(H,97,124)(H,99,118)(H,100,125)(H,101,122)(H,102,123)(H,103,121)(H,119,120)/t50-,51+,53-,54-,57+,60-,61?,63?,65+,66+,67+,68+,69+,70+,71+,72+,73+/m1/s1. The number of likely N-dealkylation sites (N-methyl/N-ethyl adjacent to an activating group) is 3. The molecule has 17 N–H and O–H groups in total. The van der Waals surface area contributed by atoms with E-state index in [-0.39, 0.29) is 87.8 Å². The number of amides is 13. The van der Waals surface area contributed by atoms with Crippen LogP contribution in [0.15, 0.2) is 103 Å². The lowest BCUT2D eigenvalue weighted by atomic mass is 9.84. The lowest BCUT2D eigenvalue weighted by Gasteiger charge is -2.36. The number of nitrogens with one attached hydrogen (secondary N) is 9. The van der Waals surface area contributed by atoms with E-state index in [1.54, 1.807) is 42.7 Å². The van der Waals surface area contributed by atoms with Crippen molar-refractivity contribution in [1.29, 1.82) is 0 Å². The Labute approximate surface area is 762 Å². The number of carbonyl (C=O) groups is 18. The van der Waals surface area contributed by atoms with Gasteiger partial charge in [-0.1, -0.05) is 101 Å². The molecule has 3 saturated heterocycles. The first-order valence-electron chi connectivity index (χ1n) is 44.5. The van der Waals surface area contributed by atoms with Gasteiger partial charge in [-0.2, -0.15) is 0 Å². The molecule has 2 unspecified atom stereocenters. The molecule has 0 bridgehead atoms. The van der Waals surface area contributed by atoms with Crippen molar-refractivity contribution in [2.24, 2.45) is 41.1 Å². The SMILES string of the molecule is CCCC[C@H]1C(=O)N(C)[C@@H](CCCC)C(=O)C[C@@H](C)C(=O)N[C@H](C(=O)NCC(N)=O)CSCC(=O)N[C@@H](Cc2ccc(O)cc2)C(=O)N(C)[C@@H](C)C(=O)N[C@@H](CC(=O)O)C(=O)N2CCC[C@H]2C(=O)C[C@@H](Cc2cnc[nH]2)C(=O)C[C@@H](CCC(N)=O)C(=O)N2C[C@H](O)C[C@H]2C(=O)N[C@@H](CC2=CNC3C=CC=CC23)C(=O)C[C@@H](CO)C(=O)N[C@@H](Cc2c[nH]c3ccccc23)C(=O)N1C. The van der Waals surface area contributed by atoms with E-state index >= 15 is 33.6 Å². The van der Waals surface area contributed by atoms with Crippen molar-refractivity contribution in [1.82, 2.24) is 76.7 Å². The maximum absolute atomic E-state index is 15.7. The number of hydrogen-bond acceptors (Lipinski definition) is 24. The number of phenols is 1. The van der Waals surface area contributed by atoms with Gasteiger partial charge in [0.05, 0.1) is 67.8 Å². The Hall–Kier alpha value is -12.5. The average Bonchev–Trinajstić information content (AvgIpc) is 1.62. The van der Waals surface area contributed by atoms with Gasteiger partial charge < -0.3 is 104 Å². The maximum atomic E-state index is 15.7. The summed E-state index contributed by atoms with van der Waals surface area (Å²) in [4.78, 5) is 277. The van der Waals surface area contributed by atoms with Gasteiger partial charge in [0.25, 0.3) is 0 Å². The van der Waals surface area contributed by atoms with Gasteiger partial charge in [-0.05, 0) is 93.0 Å². The van der Waals surface area contributed by atoms with Gasteiger partial charge >= 0.3 is 5.97 Å². The number of benzene rings is 2. The van der Waals surface area contributed by atoms with Crippen molar-refractivity contribution < 1.29 is 107 Å². The van der Waals surface area contributed by atoms with Crippen molar-refractivity contribution in [2.75, 3.05) is 58.9 Å². The number of allylic oxidation sites excluding steroid dienone is 2. The summed E-state index contributed by atoms with van der Waals surface area (Å²) in [5.74, 6) is -23.2. The second-order valence-corrected chi connectivity index (χ2v) is 35.6. The van der Waals surface area contributed by atoms with Gasteiger partial charge in [-0.25, -0.2) is 4.98 Å². The number of thioether (sulfide) groups is 1. The van der Waals surface area contributed by atoms with Gasteiger partial charge in [0.15, 0.2) is 17.3 Å². The van der Waals surface area contributed by atoms with Crippen LogP contribution < -0.4 is 48.7 Å². The molecular formula is C91H123N17O22S. The zero-order chi connectivity index (χ0) is 95.6. The largest absolute Gasteiger partial charge is 0.508 e. The van der Waals surface area contributed by atoms with Crippen molar-refractivity contribution in [2.45, 2.75) is 229 Å². The number of aromatic nitrogens is 3. The first-order valence-corrected chi connectivity index (χ1v) is 45.6. The van der Waals surface area contributed by atoms with Gasteiger partial charge in [0.1, 0.15) is 53.8 Å². The highest BCUT2D eigenvalue weighted by molar-refractivity contribution is 8.00. The molecule has 0 saturated carbocycles. The van der Waals surface area contributed by atoms with Crippen molar-refractivity contribution in [3.05, 3.63) is 120 Å². The number of H-pyrrole nitrogens is 2. The summed E-state index contributed by atoms with van der Waals surface area (Å²) in [6.45, 7) is 4.07. The molecule has 2 aromatic carbocycles. The molecule has 3 fully saturated rings. The number of aliphatic carboxylic acids is 1. The van der Waals surface area contributed by atoms with Crippen molar-refractivity contribution in [3.63, 3.8) is 0 Å². The number of carboxylic acid groups (broad SMARTS) is 1. The highest BCUT2D eigenvalue weighted by Crippen LogP contribution is 2.34. The van der Waals surface area contributed by atoms with Crippen LogP contribution >= 0.6 is 11.8 Å². The van der Waals surface area contributed by atoms with Gasteiger partial charge in [-0.15, -0.1) is 11.8 Å². The fraction of sp³-hybridized carbons (Fsp3) is 0.549. The fourth-order valence-corrected chi connectivity index (χ4v) is 18.2. The number of imidazole rings is 1. The lowest BCUT2D eigenvalue weighted by molar-refractivity contribution is -0.149. The minimum absolute atomic E-state index is 0.000194. The smallest absolute Gasteiger partial charge is 0.305 e. The predicted octanol–water partition coefficient (Wildman–Crippen LogP) is 0.273. The van der Waals surface area contributed by atoms with Crippen LogP contribution in [0.25, 0.3) is 10.9 Å². The number of carbonyl (C=O) groups excluding carboxylic acids is 17. The molecule has 1 aliphatic carbocycles. The molecule has 5 aliphatic rings.